The first kappa shape index (κ1) is 24.4. The predicted octanol–water partition coefficient (Wildman–Crippen LogP) is 3.79. The molecule has 1 unspecified atom stereocenters. The molecule has 0 fully saturated rings. The molecule has 1 aliphatic rings. The Kier molecular flexibility index (Phi) is 7.79. The Bertz CT molecular complexity index is 1210. The number of thiophene rings is 1. The van der Waals surface area contributed by atoms with E-state index in [1.54, 1.807) is 24.1 Å². The minimum atomic E-state index is -0.776. The van der Waals surface area contributed by atoms with Gasteiger partial charge in [0.2, 0.25) is 0 Å². The van der Waals surface area contributed by atoms with Crippen LogP contribution in [0, 0.1) is 0 Å². The molecule has 0 saturated carbocycles. The summed E-state index contributed by atoms with van der Waals surface area (Å²) < 4.78 is 10.8. The van der Waals surface area contributed by atoms with Crippen molar-refractivity contribution in [3.05, 3.63) is 76.0 Å². The Labute approximate surface area is 207 Å². The molecule has 2 aromatic carbocycles. The van der Waals surface area contributed by atoms with Crippen LogP contribution in [0.25, 0.3) is 0 Å². The Balaban J connectivity index is 1.39. The van der Waals surface area contributed by atoms with Crippen molar-refractivity contribution in [1.29, 1.82) is 0 Å². The van der Waals surface area contributed by atoms with Gasteiger partial charge in [0.15, 0.2) is 0 Å². The molecule has 0 spiro atoms. The van der Waals surface area contributed by atoms with Crippen molar-refractivity contribution in [2.75, 3.05) is 37.5 Å². The maximum atomic E-state index is 12.9. The maximum Gasteiger partial charge on any atom is 0.313 e. The van der Waals surface area contributed by atoms with Crippen LogP contribution in [0.5, 0.6) is 5.75 Å². The zero-order chi connectivity index (χ0) is 24.8. The van der Waals surface area contributed by atoms with Crippen LogP contribution in [0.4, 0.5) is 11.4 Å². The van der Waals surface area contributed by atoms with Gasteiger partial charge in [-0.25, -0.2) is 0 Å². The van der Waals surface area contributed by atoms with E-state index in [4.69, 9.17) is 9.47 Å². The van der Waals surface area contributed by atoms with Gasteiger partial charge in [-0.2, -0.15) is 0 Å². The number of benzene rings is 2. The standard InChI is InChI=1S/C26H27N3O5S/c1-33-21-9-4-3-8-19(21)22(34-2)16-27-24(30)25(31)28-18-11-12-20-17(15-18)7-5-13-29(20)26(32)23-10-6-14-35-23/h3-4,6,8-12,14-15,22H,5,7,13,16H2,1-2H3,(H,27,30)(H,28,31). The van der Waals surface area contributed by atoms with Crippen molar-refractivity contribution >= 4 is 40.4 Å². The van der Waals surface area contributed by atoms with Crippen LogP contribution >= 0.6 is 11.3 Å². The summed E-state index contributed by atoms with van der Waals surface area (Å²) in [6.45, 7) is 0.748. The second kappa shape index (κ2) is 11.2. The lowest BCUT2D eigenvalue weighted by molar-refractivity contribution is -0.136. The number of amides is 3. The zero-order valence-electron chi connectivity index (χ0n) is 19.6. The fourth-order valence-electron chi connectivity index (χ4n) is 4.13. The normalized spacial score (nSPS) is 13.5. The molecule has 1 atom stereocenters. The molecule has 8 nitrogen and oxygen atoms in total. The Hall–Kier alpha value is -3.69. The summed E-state index contributed by atoms with van der Waals surface area (Å²) in [5, 5.41) is 7.15. The Morgan fingerprint density at radius 1 is 1.06 bits per heavy atom. The van der Waals surface area contributed by atoms with Crippen LogP contribution in [0.2, 0.25) is 0 Å². The van der Waals surface area contributed by atoms with Crippen molar-refractivity contribution in [1.82, 2.24) is 5.32 Å². The number of nitrogens with zero attached hydrogens (tertiary/aromatic N) is 1. The van der Waals surface area contributed by atoms with Gasteiger partial charge in [-0.1, -0.05) is 24.3 Å². The smallest absolute Gasteiger partial charge is 0.313 e. The third-order valence-corrected chi connectivity index (χ3v) is 6.72. The van der Waals surface area contributed by atoms with Gasteiger partial charge in [-0.3, -0.25) is 14.4 Å². The summed E-state index contributed by atoms with van der Waals surface area (Å²) in [5.41, 5.74) is 3.06. The predicted molar refractivity (Wildman–Crippen MR) is 135 cm³/mol. The fraction of sp³-hybridized carbons (Fsp3) is 0.269. The van der Waals surface area contributed by atoms with Crippen molar-refractivity contribution in [2.45, 2.75) is 18.9 Å². The lowest BCUT2D eigenvalue weighted by Crippen LogP contribution is -2.38. The van der Waals surface area contributed by atoms with Gasteiger partial charge in [0.1, 0.15) is 11.9 Å². The topological polar surface area (TPSA) is 97.0 Å². The van der Waals surface area contributed by atoms with Crippen molar-refractivity contribution in [2.24, 2.45) is 0 Å². The van der Waals surface area contributed by atoms with E-state index in [0.717, 1.165) is 29.7 Å². The highest BCUT2D eigenvalue weighted by atomic mass is 32.1. The van der Waals surface area contributed by atoms with E-state index >= 15 is 0 Å². The monoisotopic (exact) mass is 493 g/mol. The molecule has 0 saturated heterocycles. The molecular formula is C26H27N3O5S. The van der Waals surface area contributed by atoms with E-state index in [1.807, 2.05) is 47.8 Å². The minimum absolute atomic E-state index is 0.0279. The van der Waals surface area contributed by atoms with E-state index in [1.165, 1.54) is 18.4 Å². The average Bonchev–Trinajstić information content (AvgIpc) is 3.43. The van der Waals surface area contributed by atoms with E-state index in [2.05, 4.69) is 10.6 Å². The molecule has 0 aliphatic carbocycles. The van der Waals surface area contributed by atoms with Gasteiger partial charge in [-0.05, 0) is 54.1 Å². The quantitative estimate of drug-likeness (QED) is 0.488. The average molecular weight is 494 g/mol. The van der Waals surface area contributed by atoms with E-state index in [-0.39, 0.29) is 12.5 Å². The number of ether oxygens (including phenoxy) is 2. The first-order chi connectivity index (χ1) is 17.0. The molecule has 3 aromatic rings. The molecule has 0 bridgehead atoms. The van der Waals surface area contributed by atoms with Crippen LogP contribution in [-0.4, -0.2) is 45.0 Å². The van der Waals surface area contributed by atoms with Gasteiger partial charge < -0.3 is 25.0 Å². The SMILES string of the molecule is COc1ccccc1C(CNC(=O)C(=O)Nc1ccc2c(c1)CCCN2C(=O)c1cccs1)OC. The van der Waals surface area contributed by atoms with Crippen LogP contribution < -0.4 is 20.3 Å². The molecule has 35 heavy (non-hydrogen) atoms. The van der Waals surface area contributed by atoms with Gasteiger partial charge in [-0.15, -0.1) is 11.3 Å². The highest BCUT2D eigenvalue weighted by Gasteiger charge is 2.25. The second-order valence-electron chi connectivity index (χ2n) is 8.01. The molecule has 2 heterocycles. The number of aryl methyl sites for hydroxylation is 1. The lowest BCUT2D eigenvalue weighted by atomic mass is 10.0. The number of anilines is 2. The first-order valence-corrected chi connectivity index (χ1v) is 12.1. The molecule has 3 amide bonds. The largest absolute Gasteiger partial charge is 0.496 e. The Morgan fingerprint density at radius 3 is 2.63 bits per heavy atom. The molecule has 1 aliphatic heterocycles. The number of nitrogens with one attached hydrogen (secondary N) is 2. The zero-order valence-corrected chi connectivity index (χ0v) is 20.4. The number of methoxy groups -OCH3 is 2. The molecule has 1 aromatic heterocycles. The van der Waals surface area contributed by atoms with Crippen LogP contribution in [0.15, 0.2) is 60.0 Å². The number of para-hydroxylation sites is 1. The first-order valence-electron chi connectivity index (χ1n) is 11.2. The number of carbonyl (C=O) groups excluding carboxylic acids is 3. The molecule has 9 heteroatoms. The molecule has 4 rings (SSSR count). The van der Waals surface area contributed by atoms with Crippen LogP contribution in [0.1, 0.15) is 33.3 Å². The summed E-state index contributed by atoms with van der Waals surface area (Å²) in [5.74, 6) is -0.935. The van der Waals surface area contributed by atoms with Gasteiger partial charge >= 0.3 is 11.8 Å². The van der Waals surface area contributed by atoms with E-state index in [0.29, 0.717) is 22.9 Å². The number of hydrogen-bond donors (Lipinski definition) is 2. The van der Waals surface area contributed by atoms with Crippen molar-refractivity contribution in [3.63, 3.8) is 0 Å². The number of hydrogen-bond acceptors (Lipinski definition) is 6. The summed E-state index contributed by atoms with van der Waals surface area (Å²) in [4.78, 5) is 40.3. The fourth-order valence-corrected chi connectivity index (χ4v) is 4.80. The number of rotatable bonds is 7. The van der Waals surface area contributed by atoms with Gasteiger partial charge in [0.25, 0.3) is 5.91 Å². The second-order valence-corrected chi connectivity index (χ2v) is 8.96. The third kappa shape index (κ3) is 5.52. The van der Waals surface area contributed by atoms with Crippen molar-refractivity contribution < 1.29 is 23.9 Å². The maximum absolute atomic E-state index is 12.9. The van der Waals surface area contributed by atoms with Crippen LogP contribution in [-0.2, 0) is 20.7 Å². The number of carbonyl (C=O) groups is 3. The molecule has 182 valence electrons. The molecule has 2 N–H and O–H groups in total. The Morgan fingerprint density at radius 2 is 1.89 bits per heavy atom. The summed E-state index contributed by atoms with van der Waals surface area (Å²) in [6.07, 6.45) is 1.13. The van der Waals surface area contributed by atoms with E-state index in [9.17, 15) is 14.4 Å². The molecule has 0 radical (unpaired) electrons. The summed E-state index contributed by atoms with van der Waals surface area (Å²) >= 11 is 1.41. The third-order valence-electron chi connectivity index (χ3n) is 5.86. The number of fused-ring (bicyclic) bond motifs is 1. The summed E-state index contributed by atoms with van der Waals surface area (Å²) in [7, 11) is 3.09. The van der Waals surface area contributed by atoms with Gasteiger partial charge in [0, 0.05) is 37.1 Å². The van der Waals surface area contributed by atoms with Crippen molar-refractivity contribution in [3.8, 4) is 5.75 Å². The molecular weight excluding hydrogens is 466 g/mol. The lowest BCUT2D eigenvalue weighted by Gasteiger charge is -2.29. The van der Waals surface area contributed by atoms with Crippen LogP contribution in [0.3, 0.4) is 0 Å². The minimum Gasteiger partial charge on any atom is -0.496 e. The van der Waals surface area contributed by atoms with E-state index < -0.39 is 17.9 Å². The highest BCUT2D eigenvalue weighted by Crippen LogP contribution is 2.31. The van der Waals surface area contributed by atoms with Gasteiger partial charge in [0.05, 0.1) is 12.0 Å². The highest BCUT2D eigenvalue weighted by molar-refractivity contribution is 7.12. The summed E-state index contributed by atoms with van der Waals surface area (Å²) in [6, 6.07) is 16.4.